The summed E-state index contributed by atoms with van der Waals surface area (Å²) in [5.74, 6) is 0.673. The van der Waals surface area contributed by atoms with Crippen LogP contribution in [0.5, 0.6) is 0 Å². The molecule has 98 valence electrons. The smallest absolute Gasteiger partial charge is 0.315 e. The number of hydrogen-bond acceptors (Lipinski definition) is 4. The van der Waals surface area contributed by atoms with Gasteiger partial charge in [0.05, 0.1) is 0 Å². The third-order valence-corrected chi connectivity index (χ3v) is 2.86. The van der Waals surface area contributed by atoms with Crippen molar-refractivity contribution < 1.29 is 4.79 Å². The number of nitrogens with zero attached hydrogens (tertiary/aromatic N) is 4. The molecule has 0 bridgehead atoms. The van der Waals surface area contributed by atoms with Crippen LogP contribution < -0.4 is 10.6 Å². The summed E-state index contributed by atoms with van der Waals surface area (Å²) in [5, 5.41) is 9.74. The molecule has 1 saturated carbocycles. The van der Waals surface area contributed by atoms with Crippen LogP contribution in [0.15, 0.2) is 31.0 Å². The van der Waals surface area contributed by atoms with Crippen molar-refractivity contribution in [3.8, 4) is 5.82 Å². The maximum Gasteiger partial charge on any atom is 0.315 e. The summed E-state index contributed by atoms with van der Waals surface area (Å²) in [6.07, 6.45) is 6.86. The molecule has 0 atom stereocenters. The number of carbonyl (C=O) groups is 1. The van der Waals surface area contributed by atoms with Crippen LogP contribution in [0.1, 0.15) is 18.4 Å². The Labute approximate surface area is 110 Å². The topological polar surface area (TPSA) is 84.7 Å². The summed E-state index contributed by atoms with van der Waals surface area (Å²) < 4.78 is 1.58. The first kappa shape index (κ1) is 11.6. The number of pyridine rings is 1. The molecule has 1 fully saturated rings. The Kier molecular flexibility index (Phi) is 3.09. The van der Waals surface area contributed by atoms with Gasteiger partial charge in [0.1, 0.15) is 12.7 Å². The molecule has 0 unspecified atom stereocenters. The van der Waals surface area contributed by atoms with Crippen molar-refractivity contribution in [3.63, 3.8) is 0 Å². The van der Waals surface area contributed by atoms with E-state index >= 15 is 0 Å². The number of aromatic nitrogens is 4. The lowest BCUT2D eigenvalue weighted by Gasteiger charge is -2.09. The maximum absolute atomic E-state index is 11.6. The van der Waals surface area contributed by atoms with Gasteiger partial charge >= 0.3 is 6.03 Å². The molecule has 0 aromatic carbocycles. The third kappa shape index (κ3) is 2.87. The van der Waals surface area contributed by atoms with Crippen LogP contribution in [-0.4, -0.2) is 31.8 Å². The second-order valence-electron chi connectivity index (χ2n) is 4.43. The molecule has 2 heterocycles. The average Bonchev–Trinajstić information content (AvgIpc) is 3.07. The van der Waals surface area contributed by atoms with E-state index in [2.05, 4.69) is 25.7 Å². The zero-order chi connectivity index (χ0) is 13.1. The summed E-state index contributed by atoms with van der Waals surface area (Å²) >= 11 is 0. The highest BCUT2D eigenvalue weighted by Crippen LogP contribution is 2.18. The van der Waals surface area contributed by atoms with Crippen LogP contribution in [0, 0.1) is 0 Å². The fraction of sp³-hybridized carbons (Fsp3) is 0.333. The van der Waals surface area contributed by atoms with Gasteiger partial charge in [0.25, 0.3) is 0 Å². The van der Waals surface area contributed by atoms with E-state index in [4.69, 9.17) is 0 Å². The Morgan fingerprint density at radius 2 is 2.37 bits per heavy atom. The monoisotopic (exact) mass is 258 g/mol. The third-order valence-electron chi connectivity index (χ3n) is 2.86. The molecule has 7 heteroatoms. The Bertz CT molecular complexity index is 563. The quantitative estimate of drug-likeness (QED) is 0.842. The number of amides is 2. The van der Waals surface area contributed by atoms with Gasteiger partial charge in [-0.1, -0.05) is 6.07 Å². The minimum absolute atomic E-state index is 0.143. The van der Waals surface area contributed by atoms with Crippen molar-refractivity contribution in [2.45, 2.75) is 25.4 Å². The van der Waals surface area contributed by atoms with Gasteiger partial charge in [-0.05, 0) is 18.9 Å². The fourth-order valence-electron chi connectivity index (χ4n) is 1.73. The highest BCUT2D eigenvalue weighted by Gasteiger charge is 2.23. The molecule has 2 N–H and O–H groups in total. The Morgan fingerprint density at radius 1 is 1.47 bits per heavy atom. The fourth-order valence-corrected chi connectivity index (χ4v) is 1.73. The number of nitrogens with one attached hydrogen (secondary N) is 2. The van der Waals surface area contributed by atoms with E-state index in [9.17, 15) is 4.79 Å². The van der Waals surface area contributed by atoms with Gasteiger partial charge < -0.3 is 10.6 Å². The number of hydrogen-bond donors (Lipinski definition) is 2. The van der Waals surface area contributed by atoms with Crippen molar-refractivity contribution in [1.29, 1.82) is 0 Å². The van der Waals surface area contributed by atoms with E-state index < -0.39 is 0 Å². The molecular weight excluding hydrogens is 244 g/mol. The minimum atomic E-state index is -0.143. The highest BCUT2D eigenvalue weighted by molar-refractivity contribution is 5.74. The first-order valence-electron chi connectivity index (χ1n) is 6.16. The summed E-state index contributed by atoms with van der Waals surface area (Å²) in [7, 11) is 0. The molecule has 1 aliphatic rings. The Balaban J connectivity index is 1.68. The van der Waals surface area contributed by atoms with Crippen LogP contribution in [0.4, 0.5) is 4.79 Å². The number of rotatable bonds is 4. The van der Waals surface area contributed by atoms with Gasteiger partial charge in [-0.15, -0.1) is 0 Å². The van der Waals surface area contributed by atoms with E-state index in [0.29, 0.717) is 18.4 Å². The van der Waals surface area contributed by atoms with Gasteiger partial charge in [-0.25, -0.2) is 19.4 Å². The number of carbonyl (C=O) groups excluding carboxylic acids is 1. The Morgan fingerprint density at radius 3 is 3.11 bits per heavy atom. The van der Waals surface area contributed by atoms with Gasteiger partial charge in [-0.3, -0.25) is 0 Å². The van der Waals surface area contributed by atoms with Gasteiger partial charge in [0.2, 0.25) is 0 Å². The van der Waals surface area contributed by atoms with Crippen molar-refractivity contribution >= 4 is 6.03 Å². The summed E-state index contributed by atoms with van der Waals surface area (Å²) in [6.45, 7) is 0.404. The van der Waals surface area contributed by atoms with Gasteiger partial charge in [0, 0.05) is 24.3 Å². The molecule has 0 saturated heterocycles. The second-order valence-corrected chi connectivity index (χ2v) is 4.43. The highest BCUT2D eigenvalue weighted by atomic mass is 16.2. The Hall–Kier alpha value is -2.44. The molecule has 0 aliphatic heterocycles. The van der Waals surface area contributed by atoms with Crippen molar-refractivity contribution in [1.82, 2.24) is 30.4 Å². The molecule has 0 spiro atoms. The van der Waals surface area contributed by atoms with Crippen LogP contribution in [-0.2, 0) is 6.54 Å². The lowest BCUT2D eigenvalue weighted by Crippen LogP contribution is -2.36. The zero-order valence-corrected chi connectivity index (χ0v) is 10.3. The standard InChI is InChI=1S/C12H14N6O/c19-12(17-10-3-4-10)15-6-9-2-1-5-14-11(9)18-8-13-7-16-18/h1-2,5,7-8,10H,3-4,6H2,(H2,15,17,19). The minimum Gasteiger partial charge on any atom is -0.335 e. The predicted octanol–water partition coefficient (Wildman–Crippen LogP) is 0.624. The SMILES string of the molecule is O=C(NCc1cccnc1-n1cncn1)NC1CC1. The van der Waals surface area contributed by atoms with E-state index in [-0.39, 0.29) is 6.03 Å². The first-order valence-corrected chi connectivity index (χ1v) is 6.16. The maximum atomic E-state index is 11.6. The van der Waals surface area contributed by atoms with Crippen molar-refractivity contribution in [3.05, 3.63) is 36.5 Å². The summed E-state index contributed by atoms with van der Waals surface area (Å²) in [5.41, 5.74) is 0.888. The molecule has 1 aliphatic carbocycles. The second kappa shape index (κ2) is 5.05. The van der Waals surface area contributed by atoms with Crippen LogP contribution in [0.2, 0.25) is 0 Å². The molecule has 2 amide bonds. The summed E-state index contributed by atoms with van der Waals surface area (Å²) in [4.78, 5) is 19.7. The lowest BCUT2D eigenvalue weighted by atomic mass is 10.2. The van der Waals surface area contributed by atoms with E-state index in [1.807, 2.05) is 12.1 Å². The molecule has 2 aromatic rings. The number of urea groups is 1. The average molecular weight is 258 g/mol. The summed E-state index contributed by atoms with van der Waals surface area (Å²) in [6, 6.07) is 3.94. The normalized spacial score (nSPS) is 14.1. The van der Waals surface area contributed by atoms with Crippen molar-refractivity contribution in [2.75, 3.05) is 0 Å². The van der Waals surface area contributed by atoms with Crippen LogP contribution in [0.3, 0.4) is 0 Å². The van der Waals surface area contributed by atoms with Gasteiger partial charge in [0.15, 0.2) is 5.82 Å². The zero-order valence-electron chi connectivity index (χ0n) is 10.3. The van der Waals surface area contributed by atoms with E-state index in [1.165, 1.54) is 6.33 Å². The first-order chi connectivity index (χ1) is 9.33. The molecule has 3 rings (SSSR count). The molecule has 2 aromatic heterocycles. The predicted molar refractivity (Wildman–Crippen MR) is 67.5 cm³/mol. The van der Waals surface area contributed by atoms with E-state index in [0.717, 1.165) is 18.4 Å². The lowest BCUT2D eigenvalue weighted by molar-refractivity contribution is 0.240. The molecule has 7 nitrogen and oxygen atoms in total. The van der Waals surface area contributed by atoms with E-state index in [1.54, 1.807) is 17.2 Å². The molecule has 0 radical (unpaired) electrons. The molecular formula is C12H14N6O. The van der Waals surface area contributed by atoms with Crippen LogP contribution >= 0.6 is 0 Å². The van der Waals surface area contributed by atoms with Gasteiger partial charge in [-0.2, -0.15) is 5.10 Å². The van der Waals surface area contributed by atoms with Crippen molar-refractivity contribution in [2.24, 2.45) is 0 Å². The molecule has 19 heavy (non-hydrogen) atoms. The largest absolute Gasteiger partial charge is 0.335 e. The van der Waals surface area contributed by atoms with Crippen LogP contribution in [0.25, 0.3) is 5.82 Å².